The summed E-state index contributed by atoms with van der Waals surface area (Å²) in [5, 5.41) is 13.0. The van der Waals surface area contributed by atoms with Gasteiger partial charge >= 0.3 is 0 Å². The van der Waals surface area contributed by atoms with Gasteiger partial charge in [0.25, 0.3) is 0 Å². The highest BCUT2D eigenvalue weighted by Gasteiger charge is 2.20. The average molecular weight is 507 g/mol. The van der Waals surface area contributed by atoms with Gasteiger partial charge in [0.1, 0.15) is 5.75 Å². The van der Waals surface area contributed by atoms with Gasteiger partial charge in [-0.2, -0.15) is 0 Å². The number of carbonyl (C=O) groups excluding carboxylic acids is 1. The van der Waals surface area contributed by atoms with Crippen LogP contribution >= 0.6 is 35.0 Å². The highest BCUT2D eigenvalue weighted by molar-refractivity contribution is 7.99. The summed E-state index contributed by atoms with van der Waals surface area (Å²) in [5.41, 5.74) is 1.81. The lowest BCUT2D eigenvalue weighted by atomic mass is 9.87. The number of hydrogen-bond acceptors (Lipinski definition) is 5. The van der Waals surface area contributed by atoms with Crippen LogP contribution < -0.4 is 10.1 Å². The summed E-state index contributed by atoms with van der Waals surface area (Å²) in [7, 11) is 0. The molecule has 0 aliphatic heterocycles. The molecule has 9 heteroatoms. The van der Waals surface area contributed by atoms with E-state index in [1.165, 1.54) is 17.3 Å². The van der Waals surface area contributed by atoms with E-state index in [1.54, 1.807) is 18.2 Å². The Hall–Kier alpha value is -2.22. The predicted octanol–water partition coefficient (Wildman–Crippen LogP) is 6.77. The smallest absolute Gasteiger partial charge is 0.234 e. The Morgan fingerprint density at radius 2 is 1.85 bits per heavy atom. The second-order valence-electron chi connectivity index (χ2n) is 8.58. The van der Waals surface area contributed by atoms with Crippen LogP contribution in [0, 0.1) is 0 Å². The SMILES string of the molecule is CCn1c(SCC(=O)Nc2cc(Cl)ccc2Cl)nnc1C(C)Oc1ccc(C(C)(C)C)cc1. The Morgan fingerprint density at radius 1 is 1.15 bits per heavy atom. The van der Waals surface area contributed by atoms with Crippen LogP contribution in [0.3, 0.4) is 0 Å². The number of nitrogens with one attached hydrogen (secondary N) is 1. The first-order valence-corrected chi connectivity index (χ1v) is 12.4. The van der Waals surface area contributed by atoms with Crippen molar-refractivity contribution in [1.82, 2.24) is 14.8 Å². The van der Waals surface area contributed by atoms with Crippen molar-refractivity contribution in [2.24, 2.45) is 0 Å². The Bertz CT molecular complexity index is 1110. The fourth-order valence-electron chi connectivity index (χ4n) is 3.20. The van der Waals surface area contributed by atoms with Gasteiger partial charge in [0, 0.05) is 11.6 Å². The second-order valence-corrected chi connectivity index (χ2v) is 10.4. The molecule has 0 saturated carbocycles. The molecular weight excluding hydrogens is 479 g/mol. The highest BCUT2D eigenvalue weighted by atomic mass is 35.5. The standard InChI is InChI=1S/C24H28Cl2N4O2S/c1-6-30-22(15(2)32-18-10-7-16(8-11-18)24(3,4)5)28-29-23(30)33-14-21(31)27-20-13-17(25)9-12-19(20)26/h7-13,15H,6,14H2,1-5H3,(H,27,31). The van der Waals surface area contributed by atoms with E-state index in [4.69, 9.17) is 27.9 Å². The van der Waals surface area contributed by atoms with Crippen LogP contribution in [0.5, 0.6) is 5.75 Å². The maximum Gasteiger partial charge on any atom is 0.234 e. The zero-order chi connectivity index (χ0) is 24.2. The summed E-state index contributed by atoms with van der Waals surface area (Å²) < 4.78 is 8.07. The molecule has 0 bridgehead atoms. The van der Waals surface area contributed by atoms with E-state index in [1.807, 2.05) is 30.5 Å². The van der Waals surface area contributed by atoms with Crippen molar-refractivity contribution >= 4 is 46.6 Å². The van der Waals surface area contributed by atoms with Crippen molar-refractivity contribution in [1.29, 1.82) is 0 Å². The number of amides is 1. The first-order chi connectivity index (χ1) is 15.6. The van der Waals surface area contributed by atoms with E-state index < -0.39 is 0 Å². The zero-order valence-corrected chi connectivity index (χ0v) is 21.7. The third-order valence-electron chi connectivity index (χ3n) is 4.99. The van der Waals surface area contributed by atoms with Gasteiger partial charge in [0.2, 0.25) is 5.91 Å². The fourth-order valence-corrected chi connectivity index (χ4v) is 4.35. The normalized spacial score (nSPS) is 12.5. The summed E-state index contributed by atoms with van der Waals surface area (Å²) >= 11 is 13.4. The lowest BCUT2D eigenvalue weighted by Gasteiger charge is -2.20. The van der Waals surface area contributed by atoms with Crippen LogP contribution in [0.1, 0.15) is 52.1 Å². The Kier molecular flexibility index (Phi) is 8.32. The zero-order valence-electron chi connectivity index (χ0n) is 19.4. The van der Waals surface area contributed by atoms with E-state index in [0.717, 1.165) is 5.75 Å². The van der Waals surface area contributed by atoms with Crippen molar-refractivity contribution in [2.45, 2.75) is 57.8 Å². The molecule has 2 aromatic carbocycles. The number of carbonyl (C=O) groups is 1. The van der Waals surface area contributed by atoms with Gasteiger partial charge in [-0.1, -0.05) is 67.9 Å². The van der Waals surface area contributed by atoms with Gasteiger partial charge in [0.15, 0.2) is 17.1 Å². The molecule has 1 unspecified atom stereocenters. The molecule has 0 aliphatic rings. The van der Waals surface area contributed by atoms with Crippen LogP contribution in [0.2, 0.25) is 10.0 Å². The second kappa shape index (κ2) is 10.8. The summed E-state index contributed by atoms with van der Waals surface area (Å²) in [6.45, 7) is 11.1. The van der Waals surface area contributed by atoms with E-state index in [0.29, 0.717) is 33.3 Å². The summed E-state index contributed by atoms with van der Waals surface area (Å²) in [6, 6.07) is 13.0. The molecule has 176 valence electrons. The molecule has 1 heterocycles. The van der Waals surface area contributed by atoms with Crippen LogP contribution in [0.4, 0.5) is 5.69 Å². The number of thioether (sulfide) groups is 1. The molecule has 0 saturated heterocycles. The minimum Gasteiger partial charge on any atom is -0.483 e. The van der Waals surface area contributed by atoms with Crippen molar-refractivity contribution in [3.8, 4) is 5.75 Å². The Morgan fingerprint density at radius 3 is 2.48 bits per heavy atom. The van der Waals surface area contributed by atoms with Crippen LogP contribution in [-0.4, -0.2) is 26.4 Å². The monoisotopic (exact) mass is 506 g/mol. The minimum absolute atomic E-state index is 0.0864. The molecule has 33 heavy (non-hydrogen) atoms. The summed E-state index contributed by atoms with van der Waals surface area (Å²) in [4.78, 5) is 12.4. The van der Waals surface area contributed by atoms with Gasteiger partial charge in [-0.05, 0) is 55.2 Å². The number of anilines is 1. The number of rotatable bonds is 8. The number of halogens is 2. The summed E-state index contributed by atoms with van der Waals surface area (Å²) in [5.74, 6) is 1.43. The molecule has 6 nitrogen and oxygen atoms in total. The van der Waals surface area contributed by atoms with Crippen molar-refractivity contribution in [3.63, 3.8) is 0 Å². The molecule has 1 N–H and O–H groups in total. The largest absolute Gasteiger partial charge is 0.483 e. The quantitative estimate of drug-likeness (QED) is 0.341. The highest BCUT2D eigenvalue weighted by Crippen LogP contribution is 2.29. The van der Waals surface area contributed by atoms with Crippen molar-refractivity contribution in [3.05, 3.63) is 63.9 Å². The Balaban J connectivity index is 1.64. The topological polar surface area (TPSA) is 69.0 Å². The lowest BCUT2D eigenvalue weighted by molar-refractivity contribution is -0.113. The molecule has 0 radical (unpaired) electrons. The number of benzene rings is 2. The fraction of sp³-hybridized carbons (Fsp3) is 0.375. The van der Waals surface area contributed by atoms with Gasteiger partial charge < -0.3 is 14.6 Å². The van der Waals surface area contributed by atoms with Crippen LogP contribution in [-0.2, 0) is 16.8 Å². The maximum absolute atomic E-state index is 12.4. The van der Waals surface area contributed by atoms with E-state index in [9.17, 15) is 4.79 Å². The molecule has 1 amide bonds. The first kappa shape index (κ1) is 25.4. The molecule has 0 spiro atoms. The van der Waals surface area contributed by atoms with Gasteiger partial charge in [-0.15, -0.1) is 10.2 Å². The molecule has 1 aromatic heterocycles. The first-order valence-electron chi connectivity index (χ1n) is 10.7. The molecular formula is C24H28Cl2N4O2S. The van der Waals surface area contributed by atoms with Crippen molar-refractivity contribution < 1.29 is 9.53 Å². The van der Waals surface area contributed by atoms with Crippen molar-refractivity contribution in [2.75, 3.05) is 11.1 Å². The number of nitrogens with zero attached hydrogens (tertiary/aromatic N) is 3. The number of hydrogen-bond donors (Lipinski definition) is 1. The van der Waals surface area contributed by atoms with Gasteiger partial charge in [0.05, 0.1) is 16.5 Å². The molecule has 3 aromatic rings. The number of aromatic nitrogens is 3. The van der Waals surface area contributed by atoms with Crippen LogP contribution in [0.25, 0.3) is 0 Å². The molecule has 3 rings (SSSR count). The van der Waals surface area contributed by atoms with E-state index in [-0.39, 0.29) is 23.2 Å². The van der Waals surface area contributed by atoms with Crippen LogP contribution in [0.15, 0.2) is 47.6 Å². The third kappa shape index (κ3) is 6.65. The Labute approximate surface area is 209 Å². The molecule has 0 fully saturated rings. The van der Waals surface area contributed by atoms with E-state index in [2.05, 4.69) is 48.4 Å². The third-order valence-corrected chi connectivity index (χ3v) is 6.52. The average Bonchev–Trinajstić information content (AvgIpc) is 3.17. The molecule has 0 aliphatic carbocycles. The summed E-state index contributed by atoms with van der Waals surface area (Å²) in [6.07, 6.45) is -0.300. The van der Waals surface area contributed by atoms with Gasteiger partial charge in [-0.3, -0.25) is 4.79 Å². The molecule has 1 atom stereocenters. The minimum atomic E-state index is -0.300. The number of ether oxygens (including phenoxy) is 1. The van der Waals surface area contributed by atoms with E-state index >= 15 is 0 Å². The predicted molar refractivity (Wildman–Crippen MR) is 136 cm³/mol. The lowest BCUT2D eigenvalue weighted by Crippen LogP contribution is -2.15. The van der Waals surface area contributed by atoms with Gasteiger partial charge in [-0.25, -0.2) is 0 Å². The maximum atomic E-state index is 12.4.